The zero-order valence-electron chi connectivity index (χ0n) is 10.3. The molecule has 1 saturated heterocycles. The molecule has 0 aliphatic carbocycles. The Morgan fingerprint density at radius 2 is 2.12 bits per heavy atom. The fourth-order valence-corrected chi connectivity index (χ4v) is 1.91. The standard InChI is InChI=1S/C11H23N3O.ClH/c1-3-14(4-2)9-8-13-11(15)10-6-5-7-12-10;/h10,12H,3-9H2,1-2H3,(H,13,15);1H. The molecule has 1 unspecified atom stereocenters. The molecule has 0 radical (unpaired) electrons. The molecule has 0 spiro atoms. The van der Waals surface area contributed by atoms with Crippen molar-refractivity contribution >= 4 is 18.3 Å². The summed E-state index contributed by atoms with van der Waals surface area (Å²) in [6, 6.07) is 0.0571. The van der Waals surface area contributed by atoms with E-state index in [0.717, 1.165) is 45.6 Å². The van der Waals surface area contributed by atoms with E-state index in [4.69, 9.17) is 0 Å². The van der Waals surface area contributed by atoms with Crippen molar-refractivity contribution in [3.63, 3.8) is 0 Å². The molecule has 1 amide bonds. The van der Waals surface area contributed by atoms with Crippen LogP contribution in [0.4, 0.5) is 0 Å². The van der Waals surface area contributed by atoms with E-state index >= 15 is 0 Å². The SMILES string of the molecule is CCN(CC)CCNC(=O)C1CCCN1.Cl. The van der Waals surface area contributed by atoms with Gasteiger partial charge in [0.25, 0.3) is 0 Å². The fraction of sp³-hybridized carbons (Fsp3) is 0.909. The van der Waals surface area contributed by atoms with Crippen LogP contribution in [-0.2, 0) is 4.79 Å². The molecule has 1 atom stereocenters. The Hall–Kier alpha value is -0.320. The molecular weight excluding hydrogens is 226 g/mol. The number of nitrogens with zero attached hydrogens (tertiary/aromatic N) is 1. The second-order valence-electron chi connectivity index (χ2n) is 3.97. The maximum atomic E-state index is 11.6. The zero-order chi connectivity index (χ0) is 11.1. The first-order chi connectivity index (χ1) is 7.27. The van der Waals surface area contributed by atoms with E-state index in [1.54, 1.807) is 0 Å². The third-order valence-corrected chi connectivity index (χ3v) is 3.00. The number of rotatable bonds is 6. The molecular formula is C11H24ClN3O. The first-order valence-corrected chi connectivity index (χ1v) is 6.01. The summed E-state index contributed by atoms with van der Waals surface area (Å²) in [4.78, 5) is 13.9. The van der Waals surface area contributed by atoms with Gasteiger partial charge in [0.15, 0.2) is 0 Å². The number of amides is 1. The van der Waals surface area contributed by atoms with Gasteiger partial charge in [-0.1, -0.05) is 13.8 Å². The van der Waals surface area contributed by atoms with Gasteiger partial charge in [-0.05, 0) is 32.5 Å². The third-order valence-electron chi connectivity index (χ3n) is 3.00. The molecule has 96 valence electrons. The van der Waals surface area contributed by atoms with Crippen molar-refractivity contribution in [1.29, 1.82) is 0 Å². The highest BCUT2D eigenvalue weighted by Crippen LogP contribution is 2.04. The molecule has 1 aliphatic rings. The van der Waals surface area contributed by atoms with Gasteiger partial charge >= 0.3 is 0 Å². The Balaban J connectivity index is 0.00000225. The first-order valence-electron chi connectivity index (χ1n) is 6.01. The molecule has 2 N–H and O–H groups in total. The zero-order valence-corrected chi connectivity index (χ0v) is 11.1. The van der Waals surface area contributed by atoms with Gasteiger partial charge in [-0.2, -0.15) is 0 Å². The van der Waals surface area contributed by atoms with Crippen molar-refractivity contribution in [1.82, 2.24) is 15.5 Å². The van der Waals surface area contributed by atoms with Crippen molar-refractivity contribution in [2.24, 2.45) is 0 Å². The topological polar surface area (TPSA) is 44.4 Å². The van der Waals surface area contributed by atoms with E-state index in [1.165, 1.54) is 0 Å². The maximum absolute atomic E-state index is 11.6. The van der Waals surface area contributed by atoms with Crippen LogP contribution in [0.5, 0.6) is 0 Å². The van der Waals surface area contributed by atoms with Crippen molar-refractivity contribution in [2.45, 2.75) is 32.7 Å². The number of likely N-dealkylation sites (N-methyl/N-ethyl adjacent to an activating group) is 1. The van der Waals surface area contributed by atoms with Crippen LogP contribution < -0.4 is 10.6 Å². The summed E-state index contributed by atoms with van der Waals surface area (Å²) in [5, 5.41) is 6.18. The van der Waals surface area contributed by atoms with E-state index in [9.17, 15) is 4.79 Å². The normalized spacial score (nSPS) is 19.6. The Labute approximate surface area is 105 Å². The first kappa shape index (κ1) is 15.7. The minimum atomic E-state index is 0. The van der Waals surface area contributed by atoms with Crippen LogP contribution in [-0.4, -0.2) is 49.6 Å². The highest BCUT2D eigenvalue weighted by Gasteiger charge is 2.21. The van der Waals surface area contributed by atoms with Crippen molar-refractivity contribution in [3.05, 3.63) is 0 Å². The van der Waals surface area contributed by atoms with Gasteiger partial charge in [0, 0.05) is 13.1 Å². The summed E-state index contributed by atoms with van der Waals surface area (Å²) in [6.07, 6.45) is 2.10. The van der Waals surface area contributed by atoms with Crippen LogP contribution in [0.3, 0.4) is 0 Å². The number of hydrogen-bond donors (Lipinski definition) is 2. The van der Waals surface area contributed by atoms with Crippen LogP contribution in [0.1, 0.15) is 26.7 Å². The number of halogens is 1. The Bertz CT molecular complexity index is 192. The lowest BCUT2D eigenvalue weighted by Crippen LogP contribution is -2.43. The van der Waals surface area contributed by atoms with Gasteiger partial charge in [-0.3, -0.25) is 4.79 Å². The van der Waals surface area contributed by atoms with E-state index in [2.05, 4.69) is 29.4 Å². The fourth-order valence-electron chi connectivity index (χ4n) is 1.91. The quantitative estimate of drug-likeness (QED) is 0.726. The predicted octanol–water partition coefficient (Wildman–Crippen LogP) is 0.618. The number of carbonyl (C=O) groups is 1. The summed E-state index contributed by atoms with van der Waals surface area (Å²) in [5.74, 6) is 0.166. The van der Waals surface area contributed by atoms with E-state index < -0.39 is 0 Å². The van der Waals surface area contributed by atoms with E-state index in [1.807, 2.05) is 0 Å². The largest absolute Gasteiger partial charge is 0.353 e. The average molecular weight is 250 g/mol. The summed E-state index contributed by atoms with van der Waals surface area (Å²) in [5.41, 5.74) is 0. The Morgan fingerprint density at radius 1 is 1.44 bits per heavy atom. The van der Waals surface area contributed by atoms with Gasteiger partial charge in [0.1, 0.15) is 0 Å². The lowest BCUT2D eigenvalue weighted by Gasteiger charge is -2.18. The highest BCUT2D eigenvalue weighted by atomic mass is 35.5. The summed E-state index contributed by atoms with van der Waals surface area (Å²) < 4.78 is 0. The third kappa shape index (κ3) is 5.14. The lowest BCUT2D eigenvalue weighted by molar-refractivity contribution is -0.122. The number of carbonyl (C=O) groups excluding carboxylic acids is 1. The molecule has 0 aromatic heterocycles. The highest BCUT2D eigenvalue weighted by molar-refractivity contribution is 5.85. The van der Waals surface area contributed by atoms with Gasteiger partial charge in [0.05, 0.1) is 6.04 Å². The molecule has 4 nitrogen and oxygen atoms in total. The summed E-state index contributed by atoms with van der Waals surface area (Å²) >= 11 is 0. The Kier molecular flexibility index (Phi) is 8.61. The number of hydrogen-bond acceptors (Lipinski definition) is 3. The summed E-state index contributed by atoms with van der Waals surface area (Å²) in [6.45, 7) is 9.08. The van der Waals surface area contributed by atoms with Gasteiger partial charge in [0.2, 0.25) is 5.91 Å². The van der Waals surface area contributed by atoms with Gasteiger partial charge in [-0.15, -0.1) is 12.4 Å². The molecule has 1 fully saturated rings. The van der Waals surface area contributed by atoms with Crippen molar-refractivity contribution in [3.8, 4) is 0 Å². The van der Waals surface area contributed by atoms with Crippen LogP contribution in [0, 0.1) is 0 Å². The van der Waals surface area contributed by atoms with Gasteiger partial charge in [-0.25, -0.2) is 0 Å². The molecule has 0 aromatic rings. The smallest absolute Gasteiger partial charge is 0.237 e. The molecule has 0 aromatic carbocycles. The Morgan fingerprint density at radius 3 is 2.62 bits per heavy atom. The van der Waals surface area contributed by atoms with Crippen LogP contribution in [0.15, 0.2) is 0 Å². The van der Waals surface area contributed by atoms with Crippen molar-refractivity contribution < 1.29 is 4.79 Å². The minimum absolute atomic E-state index is 0. The van der Waals surface area contributed by atoms with Crippen LogP contribution in [0.2, 0.25) is 0 Å². The second kappa shape index (κ2) is 8.79. The molecule has 1 rings (SSSR count). The molecule has 16 heavy (non-hydrogen) atoms. The molecule has 0 saturated carbocycles. The average Bonchev–Trinajstić information content (AvgIpc) is 2.77. The van der Waals surface area contributed by atoms with E-state index in [-0.39, 0.29) is 24.4 Å². The molecule has 0 bridgehead atoms. The van der Waals surface area contributed by atoms with Crippen LogP contribution in [0.25, 0.3) is 0 Å². The summed E-state index contributed by atoms with van der Waals surface area (Å²) in [7, 11) is 0. The second-order valence-corrected chi connectivity index (χ2v) is 3.97. The van der Waals surface area contributed by atoms with Crippen molar-refractivity contribution in [2.75, 3.05) is 32.7 Å². The minimum Gasteiger partial charge on any atom is -0.353 e. The van der Waals surface area contributed by atoms with Crippen LogP contribution >= 0.6 is 12.4 Å². The lowest BCUT2D eigenvalue weighted by atomic mass is 10.2. The number of nitrogens with one attached hydrogen (secondary N) is 2. The molecule has 5 heteroatoms. The van der Waals surface area contributed by atoms with E-state index in [0.29, 0.717) is 0 Å². The molecule has 1 heterocycles. The predicted molar refractivity (Wildman–Crippen MR) is 69.1 cm³/mol. The maximum Gasteiger partial charge on any atom is 0.237 e. The molecule has 1 aliphatic heterocycles. The van der Waals surface area contributed by atoms with Gasteiger partial charge < -0.3 is 15.5 Å². The monoisotopic (exact) mass is 249 g/mol.